The lowest BCUT2D eigenvalue weighted by Crippen LogP contribution is -2.44. The number of carbonyl (C=O) groups is 2. The zero-order valence-electron chi connectivity index (χ0n) is 14.9. The largest absolute Gasteiger partial charge is 0.423 e. The Balaban J connectivity index is 1.83. The quantitative estimate of drug-likeness (QED) is 0.826. The van der Waals surface area contributed by atoms with Crippen LogP contribution >= 0.6 is 0 Å². The van der Waals surface area contributed by atoms with Crippen LogP contribution in [0.5, 0.6) is 0 Å². The molecule has 2 aliphatic heterocycles. The van der Waals surface area contributed by atoms with Crippen molar-refractivity contribution in [2.75, 3.05) is 19.6 Å². The van der Waals surface area contributed by atoms with Crippen LogP contribution in [0.3, 0.4) is 0 Å². The Hall–Kier alpha value is -1.92. The van der Waals surface area contributed by atoms with Crippen LogP contribution in [0.4, 0.5) is 0 Å². The fourth-order valence-corrected chi connectivity index (χ4v) is 3.94. The number of hydrogen-bond donors (Lipinski definition) is 0. The van der Waals surface area contributed by atoms with Gasteiger partial charge in [0.15, 0.2) is 0 Å². The van der Waals surface area contributed by atoms with E-state index >= 15 is 0 Å². The molecule has 3 heterocycles. The smallest absolute Gasteiger partial charge is 0.238 e. The van der Waals surface area contributed by atoms with E-state index in [1.165, 1.54) is 0 Å². The van der Waals surface area contributed by atoms with E-state index in [1.54, 1.807) is 13.8 Å². The van der Waals surface area contributed by atoms with E-state index in [0.29, 0.717) is 18.3 Å². The minimum Gasteiger partial charge on any atom is -0.423 e. The van der Waals surface area contributed by atoms with Crippen LogP contribution < -0.4 is 0 Å². The minimum absolute atomic E-state index is 0.0452. The van der Waals surface area contributed by atoms with Gasteiger partial charge in [0.1, 0.15) is 6.04 Å². The van der Waals surface area contributed by atoms with Gasteiger partial charge in [-0.1, -0.05) is 13.8 Å². The van der Waals surface area contributed by atoms with Crippen LogP contribution in [0, 0.1) is 18.3 Å². The molecule has 0 aromatic carbocycles. The molecule has 2 fully saturated rings. The van der Waals surface area contributed by atoms with Gasteiger partial charge in [0.2, 0.25) is 23.6 Å². The molecule has 7 nitrogen and oxygen atoms in total. The molecule has 0 saturated carbocycles. The van der Waals surface area contributed by atoms with E-state index < -0.39 is 0 Å². The molecule has 132 valence electrons. The number of amides is 2. The Kier molecular flexibility index (Phi) is 4.36. The first-order valence-electron chi connectivity index (χ1n) is 8.67. The number of piperidine rings is 1. The van der Waals surface area contributed by atoms with Gasteiger partial charge in [-0.05, 0) is 24.7 Å². The summed E-state index contributed by atoms with van der Waals surface area (Å²) in [6.07, 6.45) is 2.66. The van der Waals surface area contributed by atoms with Gasteiger partial charge in [-0.25, -0.2) is 0 Å². The van der Waals surface area contributed by atoms with E-state index in [1.807, 2.05) is 23.6 Å². The first kappa shape index (κ1) is 16.9. The number of rotatable bonds is 2. The van der Waals surface area contributed by atoms with Crippen LogP contribution in [0.2, 0.25) is 0 Å². The lowest BCUT2D eigenvalue weighted by atomic mass is 9.76. The topological polar surface area (TPSA) is 79.5 Å². The zero-order chi connectivity index (χ0) is 17.5. The summed E-state index contributed by atoms with van der Waals surface area (Å²) in [7, 11) is 0. The molecule has 0 radical (unpaired) electrons. The lowest BCUT2D eigenvalue weighted by Gasteiger charge is -2.38. The van der Waals surface area contributed by atoms with Gasteiger partial charge >= 0.3 is 0 Å². The van der Waals surface area contributed by atoms with Crippen LogP contribution in [-0.4, -0.2) is 51.4 Å². The molecule has 2 saturated heterocycles. The molecular weight excluding hydrogens is 308 g/mol. The predicted molar refractivity (Wildman–Crippen MR) is 86.9 cm³/mol. The molecule has 2 aliphatic rings. The Morgan fingerprint density at radius 3 is 2.42 bits per heavy atom. The number of aryl methyl sites for hydroxylation is 1. The minimum atomic E-state index is -0.148. The molecule has 2 amide bonds. The predicted octanol–water partition coefficient (Wildman–Crippen LogP) is 1.94. The summed E-state index contributed by atoms with van der Waals surface area (Å²) < 4.78 is 5.64. The summed E-state index contributed by atoms with van der Waals surface area (Å²) in [6.45, 7) is 9.45. The normalized spacial score (nSPS) is 23.3. The molecule has 1 unspecified atom stereocenters. The van der Waals surface area contributed by atoms with Crippen molar-refractivity contribution < 1.29 is 14.0 Å². The van der Waals surface area contributed by atoms with Crippen molar-refractivity contribution in [1.29, 1.82) is 0 Å². The number of aromatic nitrogens is 2. The Bertz CT molecular complexity index is 632. The summed E-state index contributed by atoms with van der Waals surface area (Å²) in [4.78, 5) is 28.1. The number of hydrogen-bond acceptors (Lipinski definition) is 5. The van der Waals surface area contributed by atoms with E-state index in [0.717, 1.165) is 32.4 Å². The summed E-state index contributed by atoms with van der Waals surface area (Å²) in [6, 6.07) is -0.148. The Morgan fingerprint density at radius 1 is 1.25 bits per heavy atom. The third kappa shape index (κ3) is 3.03. The van der Waals surface area contributed by atoms with Crippen molar-refractivity contribution >= 4 is 11.8 Å². The van der Waals surface area contributed by atoms with Crippen molar-refractivity contribution in [3.05, 3.63) is 11.8 Å². The lowest BCUT2D eigenvalue weighted by molar-refractivity contribution is -0.137. The number of likely N-dealkylation sites (tertiary alicyclic amines) is 2. The fraction of sp³-hybridized carbons (Fsp3) is 0.765. The van der Waals surface area contributed by atoms with Crippen molar-refractivity contribution in [3.8, 4) is 0 Å². The molecule has 3 rings (SSSR count). The maximum atomic E-state index is 12.7. The first-order valence-corrected chi connectivity index (χ1v) is 8.67. The van der Waals surface area contributed by atoms with Gasteiger partial charge in [0.05, 0.1) is 0 Å². The average molecular weight is 334 g/mol. The van der Waals surface area contributed by atoms with E-state index in [2.05, 4.69) is 10.2 Å². The molecule has 0 N–H and O–H groups in total. The fourth-order valence-electron chi connectivity index (χ4n) is 3.94. The highest BCUT2D eigenvalue weighted by Crippen LogP contribution is 2.49. The second-order valence-corrected chi connectivity index (χ2v) is 7.51. The first-order chi connectivity index (χ1) is 11.3. The monoisotopic (exact) mass is 334 g/mol. The molecule has 0 aliphatic carbocycles. The maximum absolute atomic E-state index is 12.7. The molecule has 1 spiro atoms. The van der Waals surface area contributed by atoms with Crippen LogP contribution in [0.1, 0.15) is 57.9 Å². The van der Waals surface area contributed by atoms with Crippen molar-refractivity contribution in [1.82, 2.24) is 20.0 Å². The molecule has 1 atom stereocenters. The van der Waals surface area contributed by atoms with Crippen molar-refractivity contribution in [3.63, 3.8) is 0 Å². The highest BCUT2D eigenvalue weighted by molar-refractivity contribution is 5.79. The van der Waals surface area contributed by atoms with E-state index in [9.17, 15) is 9.59 Å². The van der Waals surface area contributed by atoms with Crippen molar-refractivity contribution in [2.24, 2.45) is 11.3 Å². The van der Waals surface area contributed by atoms with Gasteiger partial charge in [-0.2, -0.15) is 0 Å². The second-order valence-electron chi connectivity index (χ2n) is 7.51. The molecule has 24 heavy (non-hydrogen) atoms. The Morgan fingerprint density at radius 2 is 1.92 bits per heavy atom. The van der Waals surface area contributed by atoms with Gasteiger partial charge in [-0.15, -0.1) is 10.2 Å². The standard InChI is InChI=1S/C17H26N4O3/c1-11(2)16(23)21-10-17(5-7-20(8-6-17)13(4)22)9-14(21)15-19-18-12(3)24-15/h11,14H,5-10H2,1-4H3. The average Bonchev–Trinajstić information content (AvgIpc) is 3.11. The number of carbonyl (C=O) groups excluding carboxylic acids is 2. The molecule has 1 aromatic heterocycles. The molecule has 7 heteroatoms. The second kappa shape index (κ2) is 6.18. The van der Waals surface area contributed by atoms with E-state index in [-0.39, 0.29) is 29.2 Å². The molecule has 0 bridgehead atoms. The van der Waals surface area contributed by atoms with Crippen LogP contribution in [-0.2, 0) is 9.59 Å². The van der Waals surface area contributed by atoms with Gasteiger partial charge in [-0.3, -0.25) is 9.59 Å². The van der Waals surface area contributed by atoms with Gasteiger partial charge in [0, 0.05) is 39.4 Å². The SMILES string of the molecule is CC(=O)N1CCC2(CC1)CC(c1nnc(C)o1)N(C(=O)C(C)C)C2. The van der Waals surface area contributed by atoms with E-state index in [4.69, 9.17) is 4.42 Å². The molecular formula is C17H26N4O3. The highest BCUT2D eigenvalue weighted by atomic mass is 16.4. The van der Waals surface area contributed by atoms with Crippen LogP contribution in [0.15, 0.2) is 4.42 Å². The zero-order valence-corrected chi connectivity index (χ0v) is 14.9. The van der Waals surface area contributed by atoms with Crippen LogP contribution in [0.25, 0.3) is 0 Å². The summed E-state index contributed by atoms with van der Waals surface area (Å²) in [5.74, 6) is 1.24. The highest BCUT2D eigenvalue weighted by Gasteiger charge is 2.49. The van der Waals surface area contributed by atoms with Gasteiger partial charge < -0.3 is 14.2 Å². The van der Waals surface area contributed by atoms with Crippen molar-refractivity contribution in [2.45, 2.75) is 53.0 Å². The third-order valence-corrected chi connectivity index (χ3v) is 5.38. The third-order valence-electron chi connectivity index (χ3n) is 5.38. The summed E-state index contributed by atoms with van der Waals surface area (Å²) >= 11 is 0. The molecule has 1 aromatic rings. The Labute approximate surface area is 142 Å². The number of nitrogens with zero attached hydrogens (tertiary/aromatic N) is 4. The maximum Gasteiger partial charge on any atom is 0.238 e. The van der Waals surface area contributed by atoms with Gasteiger partial charge in [0.25, 0.3) is 0 Å². The summed E-state index contributed by atoms with van der Waals surface area (Å²) in [5, 5.41) is 8.10. The summed E-state index contributed by atoms with van der Waals surface area (Å²) in [5.41, 5.74) is 0.0452.